The normalized spacial score (nSPS) is 10.0. The van der Waals surface area contributed by atoms with Crippen molar-refractivity contribution >= 4 is 33.6 Å². The van der Waals surface area contributed by atoms with Crippen molar-refractivity contribution in [1.82, 2.24) is 15.5 Å². The SMILES string of the molecule is Cc1c(N)cc(Br)cc1C(=O)NCCNC(=O)N(C)C. The molecule has 0 radical (unpaired) electrons. The number of nitrogens with zero attached hydrogens (tertiary/aromatic N) is 1. The second kappa shape index (κ2) is 7.14. The van der Waals surface area contributed by atoms with Crippen molar-refractivity contribution in [2.45, 2.75) is 6.92 Å². The number of carbonyl (C=O) groups is 2. The first-order valence-electron chi connectivity index (χ1n) is 6.12. The molecule has 1 rings (SSSR count). The molecule has 3 amide bonds. The molecule has 20 heavy (non-hydrogen) atoms. The Morgan fingerprint density at radius 2 is 1.85 bits per heavy atom. The van der Waals surface area contributed by atoms with Gasteiger partial charge in [-0.1, -0.05) is 15.9 Å². The Kier molecular flexibility index (Phi) is 5.82. The monoisotopic (exact) mass is 342 g/mol. The third kappa shape index (κ3) is 4.41. The van der Waals surface area contributed by atoms with Gasteiger partial charge in [-0.15, -0.1) is 0 Å². The number of halogens is 1. The molecule has 0 aliphatic carbocycles. The molecule has 0 saturated heterocycles. The standard InChI is InChI=1S/C13H19BrN4O2/c1-8-10(6-9(14)7-11(8)15)12(19)16-4-5-17-13(20)18(2)3/h6-7H,4-5,15H2,1-3H3,(H,16,19)(H,17,20). The Balaban J connectivity index is 2.54. The van der Waals surface area contributed by atoms with E-state index in [-0.39, 0.29) is 11.9 Å². The summed E-state index contributed by atoms with van der Waals surface area (Å²) < 4.78 is 0.756. The second-order valence-corrected chi connectivity index (χ2v) is 5.47. The van der Waals surface area contributed by atoms with Crippen molar-refractivity contribution in [3.05, 3.63) is 27.7 Å². The van der Waals surface area contributed by atoms with Crippen LogP contribution >= 0.6 is 15.9 Å². The fourth-order valence-electron chi connectivity index (χ4n) is 1.53. The van der Waals surface area contributed by atoms with Crippen LogP contribution in [-0.2, 0) is 0 Å². The van der Waals surface area contributed by atoms with E-state index in [0.29, 0.717) is 24.3 Å². The summed E-state index contributed by atoms with van der Waals surface area (Å²) in [4.78, 5) is 24.7. The number of nitrogen functional groups attached to an aromatic ring is 1. The van der Waals surface area contributed by atoms with Gasteiger partial charge in [-0.3, -0.25) is 4.79 Å². The number of nitrogens with two attached hydrogens (primary N) is 1. The number of nitrogens with one attached hydrogen (secondary N) is 2. The highest BCUT2D eigenvalue weighted by atomic mass is 79.9. The third-order valence-corrected chi connectivity index (χ3v) is 3.21. The van der Waals surface area contributed by atoms with Crippen LogP contribution in [-0.4, -0.2) is 44.0 Å². The molecule has 0 heterocycles. The van der Waals surface area contributed by atoms with Crippen LogP contribution in [0.3, 0.4) is 0 Å². The van der Waals surface area contributed by atoms with Gasteiger partial charge in [0, 0.05) is 42.9 Å². The van der Waals surface area contributed by atoms with Crippen molar-refractivity contribution < 1.29 is 9.59 Å². The van der Waals surface area contributed by atoms with Gasteiger partial charge in [-0.25, -0.2) is 4.79 Å². The van der Waals surface area contributed by atoms with E-state index < -0.39 is 0 Å². The molecule has 0 saturated carbocycles. The minimum atomic E-state index is -0.213. The molecule has 0 unspecified atom stereocenters. The molecule has 4 N–H and O–H groups in total. The number of hydrogen-bond donors (Lipinski definition) is 3. The fourth-order valence-corrected chi connectivity index (χ4v) is 2.01. The summed E-state index contributed by atoms with van der Waals surface area (Å²) in [6.07, 6.45) is 0. The summed E-state index contributed by atoms with van der Waals surface area (Å²) in [5.74, 6) is -0.213. The lowest BCUT2D eigenvalue weighted by molar-refractivity contribution is 0.0953. The van der Waals surface area contributed by atoms with Gasteiger partial charge in [0.25, 0.3) is 5.91 Å². The van der Waals surface area contributed by atoms with Crippen molar-refractivity contribution in [3.63, 3.8) is 0 Å². The highest BCUT2D eigenvalue weighted by Crippen LogP contribution is 2.22. The minimum Gasteiger partial charge on any atom is -0.398 e. The zero-order chi connectivity index (χ0) is 15.3. The maximum atomic E-state index is 12.0. The smallest absolute Gasteiger partial charge is 0.316 e. The van der Waals surface area contributed by atoms with E-state index in [4.69, 9.17) is 5.73 Å². The van der Waals surface area contributed by atoms with Gasteiger partial charge in [0.15, 0.2) is 0 Å². The Morgan fingerprint density at radius 3 is 2.45 bits per heavy atom. The topological polar surface area (TPSA) is 87.5 Å². The largest absolute Gasteiger partial charge is 0.398 e. The quantitative estimate of drug-likeness (QED) is 0.570. The van der Waals surface area contributed by atoms with Gasteiger partial charge in [0.05, 0.1) is 0 Å². The van der Waals surface area contributed by atoms with Gasteiger partial charge in [-0.05, 0) is 24.6 Å². The van der Waals surface area contributed by atoms with E-state index in [0.717, 1.165) is 10.0 Å². The van der Waals surface area contributed by atoms with Crippen LogP contribution in [0.4, 0.5) is 10.5 Å². The van der Waals surface area contributed by atoms with E-state index in [1.54, 1.807) is 33.2 Å². The molecule has 1 aromatic carbocycles. The predicted molar refractivity (Wildman–Crippen MR) is 82.7 cm³/mol. The van der Waals surface area contributed by atoms with Crippen LogP contribution in [0.25, 0.3) is 0 Å². The molecule has 0 fully saturated rings. The lowest BCUT2D eigenvalue weighted by Crippen LogP contribution is -2.39. The number of carbonyl (C=O) groups excluding carboxylic acids is 2. The van der Waals surface area contributed by atoms with Crippen molar-refractivity contribution in [3.8, 4) is 0 Å². The van der Waals surface area contributed by atoms with Crippen LogP contribution < -0.4 is 16.4 Å². The number of urea groups is 1. The molecule has 7 heteroatoms. The highest BCUT2D eigenvalue weighted by Gasteiger charge is 2.12. The summed E-state index contributed by atoms with van der Waals surface area (Å²) in [7, 11) is 3.31. The lowest BCUT2D eigenvalue weighted by atomic mass is 10.1. The molecular weight excluding hydrogens is 324 g/mol. The molecule has 0 spiro atoms. The predicted octanol–water partition coefficient (Wildman–Crippen LogP) is 1.34. The molecule has 0 aromatic heterocycles. The Hall–Kier alpha value is -1.76. The number of rotatable bonds is 4. The van der Waals surface area contributed by atoms with Crippen LogP contribution in [0, 0.1) is 6.92 Å². The Morgan fingerprint density at radius 1 is 1.25 bits per heavy atom. The van der Waals surface area contributed by atoms with E-state index in [1.165, 1.54) is 4.90 Å². The summed E-state index contributed by atoms with van der Waals surface area (Å²) in [6, 6.07) is 3.28. The Bertz CT molecular complexity index is 517. The van der Waals surface area contributed by atoms with Crippen LogP contribution in [0.5, 0.6) is 0 Å². The highest BCUT2D eigenvalue weighted by molar-refractivity contribution is 9.10. The zero-order valence-corrected chi connectivity index (χ0v) is 13.4. The maximum Gasteiger partial charge on any atom is 0.316 e. The average Bonchev–Trinajstić information content (AvgIpc) is 2.38. The summed E-state index contributed by atoms with van der Waals surface area (Å²) in [6.45, 7) is 2.51. The number of benzene rings is 1. The Labute approximate surface area is 126 Å². The molecule has 1 aromatic rings. The minimum absolute atomic E-state index is 0.192. The lowest BCUT2D eigenvalue weighted by Gasteiger charge is -2.13. The number of anilines is 1. The van der Waals surface area contributed by atoms with Crippen molar-refractivity contribution in [2.24, 2.45) is 0 Å². The molecule has 0 aliphatic heterocycles. The summed E-state index contributed by atoms with van der Waals surface area (Å²) in [5.41, 5.74) is 7.64. The van der Waals surface area contributed by atoms with Gasteiger partial charge >= 0.3 is 6.03 Å². The van der Waals surface area contributed by atoms with Gasteiger partial charge in [0.2, 0.25) is 0 Å². The molecule has 0 bridgehead atoms. The summed E-state index contributed by atoms with van der Waals surface area (Å²) >= 11 is 3.31. The van der Waals surface area contributed by atoms with Gasteiger partial charge in [0.1, 0.15) is 0 Å². The van der Waals surface area contributed by atoms with Crippen LogP contribution in [0.1, 0.15) is 15.9 Å². The molecule has 0 atom stereocenters. The maximum absolute atomic E-state index is 12.0. The molecule has 0 aliphatic rings. The van der Waals surface area contributed by atoms with E-state index in [1.807, 2.05) is 0 Å². The average molecular weight is 343 g/mol. The first-order valence-corrected chi connectivity index (χ1v) is 6.91. The van der Waals surface area contributed by atoms with Crippen LogP contribution in [0.15, 0.2) is 16.6 Å². The fraction of sp³-hybridized carbons (Fsp3) is 0.385. The molecule has 110 valence electrons. The molecular formula is C13H19BrN4O2. The summed E-state index contributed by atoms with van der Waals surface area (Å²) in [5, 5.41) is 5.40. The van der Waals surface area contributed by atoms with Crippen molar-refractivity contribution in [2.75, 3.05) is 32.9 Å². The number of hydrogen-bond acceptors (Lipinski definition) is 3. The van der Waals surface area contributed by atoms with E-state index in [9.17, 15) is 9.59 Å². The van der Waals surface area contributed by atoms with E-state index in [2.05, 4.69) is 26.6 Å². The van der Waals surface area contributed by atoms with Crippen LogP contribution in [0.2, 0.25) is 0 Å². The van der Waals surface area contributed by atoms with Crippen molar-refractivity contribution in [1.29, 1.82) is 0 Å². The zero-order valence-electron chi connectivity index (χ0n) is 11.8. The van der Waals surface area contributed by atoms with Gasteiger partial charge < -0.3 is 21.3 Å². The van der Waals surface area contributed by atoms with E-state index >= 15 is 0 Å². The molecule has 6 nitrogen and oxygen atoms in total. The number of amides is 3. The van der Waals surface area contributed by atoms with Gasteiger partial charge in [-0.2, -0.15) is 0 Å². The second-order valence-electron chi connectivity index (χ2n) is 4.55. The third-order valence-electron chi connectivity index (χ3n) is 2.75. The first kappa shape index (κ1) is 16.3. The first-order chi connectivity index (χ1) is 9.32.